The van der Waals surface area contributed by atoms with Crippen molar-refractivity contribution >= 4 is 128 Å². The molecule has 0 aliphatic carbocycles. The van der Waals surface area contributed by atoms with Crippen LogP contribution in [0.3, 0.4) is 0 Å². The van der Waals surface area contributed by atoms with Gasteiger partial charge in [0.15, 0.2) is 15.6 Å². The van der Waals surface area contributed by atoms with Crippen molar-refractivity contribution in [1.29, 1.82) is 0 Å². The second kappa shape index (κ2) is 30.0. The van der Waals surface area contributed by atoms with Crippen LogP contribution in [0, 0.1) is 7.14 Å². The number of halogens is 4. The largest absolute Gasteiger partial charge is 0.477 e. The molecule has 72 heavy (non-hydrogen) atoms. The van der Waals surface area contributed by atoms with Crippen molar-refractivity contribution < 1.29 is 19.3 Å². The molecule has 0 aromatic carbocycles. The minimum atomic E-state index is -1.83. The monoisotopic (exact) mass is 1290 g/mol. The van der Waals surface area contributed by atoms with E-state index in [9.17, 15) is 0 Å². The van der Waals surface area contributed by atoms with E-state index in [1.165, 1.54) is 22.6 Å². The lowest BCUT2D eigenvalue weighted by atomic mass is 10.4. The maximum Gasteiger partial charge on any atom is 0.227 e. The normalized spacial score (nSPS) is 11.5. The van der Waals surface area contributed by atoms with Crippen LogP contribution >= 0.6 is 67.9 Å². The quantitative estimate of drug-likeness (QED) is 0.0369. The molecule has 396 valence electrons. The summed E-state index contributed by atoms with van der Waals surface area (Å²) in [6, 6.07) is 3.75. The van der Waals surface area contributed by atoms with Crippen molar-refractivity contribution in [2.45, 2.75) is 144 Å². The average molecular weight is 1290 g/mol. The molecule has 16 nitrogen and oxygen atoms in total. The van der Waals surface area contributed by atoms with Crippen LogP contribution in [0.15, 0.2) is 62.2 Å². The summed E-state index contributed by atoms with van der Waals surface area (Å²) in [4.78, 5) is 42.0. The number of aromatic nitrogens is 12. The Bertz CT molecular complexity index is 2790. The Balaban J connectivity index is 0.000000243. The topological polar surface area (TPSA) is 203 Å². The fraction of sp³-hybridized carbons (Fsp3) is 0.520. The third-order valence-electron chi connectivity index (χ3n) is 12.2. The number of rotatable bonds is 13. The van der Waals surface area contributed by atoms with E-state index in [-0.39, 0.29) is 6.61 Å². The van der Waals surface area contributed by atoms with Gasteiger partial charge in [0.05, 0.1) is 41.4 Å². The lowest BCUT2D eigenvalue weighted by Gasteiger charge is -2.44. The Morgan fingerprint density at radius 2 is 0.972 bits per heavy atom. The first-order valence-corrected chi connectivity index (χ1v) is 32.5. The predicted molar refractivity (Wildman–Crippen MR) is 319 cm³/mol. The van der Waals surface area contributed by atoms with Crippen LogP contribution in [0.5, 0.6) is 17.6 Å². The van der Waals surface area contributed by atoms with Crippen LogP contribution in [0.2, 0.25) is 38.4 Å². The Morgan fingerprint density at radius 1 is 0.556 bits per heavy atom. The number of ether oxygens (including phenoxy) is 3. The number of aromatic amines is 3. The molecule has 8 rings (SSSR count). The van der Waals surface area contributed by atoms with Gasteiger partial charge in [-0.05, 0) is 118 Å². The van der Waals surface area contributed by atoms with Gasteiger partial charge in [-0.25, -0.2) is 39.9 Å². The highest BCUT2D eigenvalue weighted by Crippen LogP contribution is 2.46. The van der Waals surface area contributed by atoms with Crippen molar-refractivity contribution in [3.8, 4) is 17.6 Å². The summed E-state index contributed by atoms with van der Waals surface area (Å²) >= 11 is 17.0. The Hall–Kier alpha value is -3.69. The molecular weight excluding hydrogens is 1210 g/mol. The molecule has 0 saturated heterocycles. The maximum absolute atomic E-state index is 7.57. The fourth-order valence-electron chi connectivity index (χ4n) is 9.45. The van der Waals surface area contributed by atoms with E-state index in [2.05, 4.69) is 194 Å². The molecule has 8 heterocycles. The van der Waals surface area contributed by atoms with E-state index in [1.54, 1.807) is 19.4 Å². The van der Waals surface area contributed by atoms with Gasteiger partial charge < -0.3 is 38.5 Å². The number of nitrogens with one attached hydrogen (secondary N) is 3. The summed E-state index contributed by atoms with van der Waals surface area (Å²) in [6.45, 7) is 37.5. The minimum absolute atomic E-state index is 0.250. The highest BCUT2D eigenvalue weighted by Gasteiger charge is 2.46. The van der Waals surface area contributed by atoms with Gasteiger partial charge in [-0.1, -0.05) is 94.7 Å². The third kappa shape index (κ3) is 15.2. The van der Waals surface area contributed by atoms with Gasteiger partial charge in [-0.2, -0.15) is 11.1 Å². The number of aliphatic hydroxyl groups is 1. The Kier molecular flexibility index (Phi) is 26.1. The van der Waals surface area contributed by atoms with Crippen LogP contribution in [-0.2, 0) is 0 Å². The molecule has 0 atom stereocenters. The summed E-state index contributed by atoms with van der Waals surface area (Å²) in [7, 11) is -3.34. The zero-order chi connectivity index (χ0) is 53.9. The van der Waals surface area contributed by atoms with E-state index in [0.717, 1.165) is 47.7 Å². The number of H-pyrrole nitrogens is 3. The van der Waals surface area contributed by atoms with Crippen LogP contribution < -0.4 is 14.2 Å². The van der Waals surface area contributed by atoms with Gasteiger partial charge in [0.2, 0.25) is 17.6 Å². The first kappa shape index (κ1) is 62.6. The average Bonchev–Trinajstić information content (AvgIpc) is 4.16. The SMILES string of the molecule is CC(C)[Si](Cl)(C(C)C)C(C)C.CCO.CCOc1ncnc2[nH]cc(I)c12.CCOc1ncnc2[nH]ccc12.CCOc1ncnc2c1c(I)cn2[Si](C(C)C)(C(C)C)C(C)C.Clc1ncnc2[nH]ccc12. The number of hydrogen-bond acceptors (Lipinski definition) is 12. The lowest BCUT2D eigenvalue weighted by Crippen LogP contribution is -2.51. The third-order valence-corrected chi connectivity index (χ3v) is 30.1. The zero-order valence-corrected chi connectivity index (χ0v) is 52.6. The Labute approximate surface area is 464 Å². The number of fused-ring (bicyclic) bond motifs is 4. The van der Waals surface area contributed by atoms with Gasteiger partial charge >= 0.3 is 0 Å². The zero-order valence-electron chi connectivity index (χ0n) is 44.8. The van der Waals surface area contributed by atoms with Crippen LogP contribution in [0.25, 0.3) is 44.1 Å². The van der Waals surface area contributed by atoms with Gasteiger partial charge in [-0.15, -0.1) is 0 Å². The molecule has 22 heteroatoms. The smallest absolute Gasteiger partial charge is 0.227 e. The Morgan fingerprint density at radius 3 is 1.43 bits per heavy atom. The van der Waals surface area contributed by atoms with Crippen molar-refractivity contribution in [2.24, 2.45) is 0 Å². The van der Waals surface area contributed by atoms with Gasteiger partial charge in [0, 0.05) is 38.5 Å². The van der Waals surface area contributed by atoms with Crippen LogP contribution in [-0.4, -0.2) is 106 Å². The summed E-state index contributed by atoms with van der Waals surface area (Å²) in [5.41, 5.74) is 7.38. The van der Waals surface area contributed by atoms with Gasteiger partial charge in [0.25, 0.3) is 0 Å². The lowest BCUT2D eigenvalue weighted by molar-refractivity contribution is 0.318. The minimum Gasteiger partial charge on any atom is -0.477 e. The highest BCUT2D eigenvalue weighted by atomic mass is 127. The molecular formula is C50H76Cl2I2N12O4Si2. The molecule has 0 amide bonds. The summed E-state index contributed by atoms with van der Waals surface area (Å²) in [6.07, 6.45) is 13.8. The van der Waals surface area contributed by atoms with Crippen LogP contribution in [0.1, 0.15) is 111 Å². The predicted octanol–water partition coefficient (Wildman–Crippen LogP) is 14.8. The molecule has 0 saturated carbocycles. The van der Waals surface area contributed by atoms with Gasteiger partial charge in [-0.3, -0.25) is 0 Å². The second-order valence-corrected chi connectivity index (χ2v) is 33.8. The molecule has 0 aliphatic rings. The van der Waals surface area contributed by atoms with Crippen molar-refractivity contribution in [3.63, 3.8) is 0 Å². The molecule has 0 fully saturated rings. The van der Waals surface area contributed by atoms with Crippen LogP contribution in [0.4, 0.5) is 0 Å². The molecule has 0 aliphatic heterocycles. The van der Waals surface area contributed by atoms with Crippen molar-refractivity contribution in [1.82, 2.24) is 59.1 Å². The van der Waals surface area contributed by atoms with E-state index >= 15 is 0 Å². The van der Waals surface area contributed by atoms with E-state index < -0.39 is 15.6 Å². The first-order valence-electron chi connectivity index (χ1n) is 24.5. The number of aliphatic hydroxyl groups excluding tert-OH is 1. The molecule has 4 N–H and O–H groups in total. The second-order valence-electron chi connectivity index (χ2n) is 18.3. The summed E-state index contributed by atoms with van der Waals surface area (Å²) in [5, 5.41) is 11.9. The fourth-order valence-corrected chi connectivity index (χ4v) is 21.9. The molecule has 0 radical (unpaired) electrons. The molecule has 0 unspecified atom stereocenters. The van der Waals surface area contributed by atoms with Crippen molar-refractivity contribution in [2.75, 3.05) is 26.4 Å². The molecule has 8 aromatic heterocycles. The highest BCUT2D eigenvalue weighted by molar-refractivity contribution is 14.1. The molecule has 0 spiro atoms. The molecule has 8 aromatic rings. The maximum atomic E-state index is 7.57. The van der Waals surface area contributed by atoms with E-state index in [1.807, 2.05) is 45.3 Å². The molecule has 0 bridgehead atoms. The number of hydrogen-bond donors (Lipinski definition) is 4. The summed E-state index contributed by atoms with van der Waals surface area (Å²) in [5.74, 6) is 2.00. The standard InChI is InChI=1S/C17H28IN3OSi.C9H21ClSi.C8H8IN3O.C8H9N3O.C6H4ClN3.C2H6O/c1-8-22-17-15-14(18)9-21(16(15)19-10-20-17)23(11(2)3,12(4)5)13(6)7;1-7(2)11(10,8(3)4)9(5)6;1-2-13-8-6-5(9)3-10-7(6)11-4-12-8;1-2-12-8-6-3-4-9-7(6)10-5-11-8;7-5-4-1-2-8-6(4)10-3-9-5;1-2-3/h9-13H,8H2,1-7H3;7-9H,1-6H3;3-4H,2H2,1H3,(H,10,11,12);3-5H,2H2,1H3,(H,9,10,11);1-3H,(H,8,9,10);3H,2H2,1H3. The van der Waals surface area contributed by atoms with E-state index in [4.69, 9.17) is 42.0 Å². The van der Waals surface area contributed by atoms with Crippen molar-refractivity contribution in [3.05, 3.63) is 74.5 Å². The first-order chi connectivity index (χ1) is 34.1. The van der Waals surface area contributed by atoms with Gasteiger partial charge in [0.1, 0.15) is 53.1 Å². The summed E-state index contributed by atoms with van der Waals surface area (Å²) < 4.78 is 21.2. The van der Waals surface area contributed by atoms with E-state index in [0.29, 0.717) is 75.9 Å². The number of nitrogens with zero attached hydrogens (tertiary/aromatic N) is 9.